The number of β-amino-alcohol motifs (C(OH)–C–C–N with tert-alkyl or cyclic N) is 1. The maximum atomic E-state index is 13.0. The van der Waals surface area contributed by atoms with Gasteiger partial charge in [-0.3, -0.25) is 9.59 Å². The summed E-state index contributed by atoms with van der Waals surface area (Å²) in [6, 6.07) is 10.6. The number of furan rings is 1. The predicted molar refractivity (Wildman–Crippen MR) is 89.7 cm³/mol. The monoisotopic (exact) mass is 340 g/mol. The van der Waals surface area contributed by atoms with Crippen molar-refractivity contribution in [3.63, 3.8) is 0 Å². The van der Waals surface area contributed by atoms with Crippen LogP contribution < -0.4 is 0 Å². The Labute approximate surface area is 145 Å². The highest BCUT2D eigenvalue weighted by Crippen LogP contribution is 2.27. The minimum Gasteiger partial charge on any atom is -0.459 e. The van der Waals surface area contributed by atoms with Crippen molar-refractivity contribution >= 4 is 11.8 Å². The second-order valence-corrected chi connectivity index (χ2v) is 6.63. The Balaban J connectivity index is 1.66. The molecule has 1 N–H and O–H groups in total. The van der Waals surface area contributed by atoms with Crippen LogP contribution in [0.2, 0.25) is 0 Å². The zero-order valence-corrected chi connectivity index (χ0v) is 13.8. The lowest BCUT2D eigenvalue weighted by Gasteiger charge is -2.37. The number of likely N-dealkylation sites (tertiary alicyclic amines) is 1. The summed E-state index contributed by atoms with van der Waals surface area (Å²) in [7, 11) is 0. The molecule has 2 aromatic rings. The SMILES string of the molecule is O=C(C1Cc2ccccc2CN1C(=O)c1ccco1)N1CC[C@@H](O)C1. The largest absolute Gasteiger partial charge is 0.459 e. The molecular formula is C19H20N2O4. The van der Waals surface area contributed by atoms with Crippen molar-refractivity contribution < 1.29 is 19.1 Å². The van der Waals surface area contributed by atoms with Crippen molar-refractivity contribution in [2.45, 2.75) is 31.5 Å². The quantitative estimate of drug-likeness (QED) is 0.898. The highest BCUT2D eigenvalue weighted by atomic mass is 16.3. The summed E-state index contributed by atoms with van der Waals surface area (Å²) in [4.78, 5) is 29.2. The third-order valence-electron chi connectivity index (χ3n) is 5.00. The van der Waals surface area contributed by atoms with E-state index in [1.165, 1.54) is 6.26 Å². The van der Waals surface area contributed by atoms with Gasteiger partial charge in [-0.05, 0) is 29.7 Å². The Kier molecular flexibility index (Phi) is 4.05. The van der Waals surface area contributed by atoms with Crippen molar-refractivity contribution in [3.8, 4) is 0 Å². The molecule has 1 saturated heterocycles. The van der Waals surface area contributed by atoms with Crippen LogP contribution in [0.3, 0.4) is 0 Å². The van der Waals surface area contributed by atoms with E-state index >= 15 is 0 Å². The Morgan fingerprint density at radius 2 is 1.92 bits per heavy atom. The van der Waals surface area contributed by atoms with E-state index in [4.69, 9.17) is 4.42 Å². The summed E-state index contributed by atoms with van der Waals surface area (Å²) in [5, 5.41) is 9.74. The number of hydrogen-bond acceptors (Lipinski definition) is 4. The van der Waals surface area contributed by atoms with Crippen molar-refractivity contribution in [1.82, 2.24) is 9.80 Å². The van der Waals surface area contributed by atoms with Crippen LogP contribution in [0.25, 0.3) is 0 Å². The van der Waals surface area contributed by atoms with Gasteiger partial charge in [0.05, 0.1) is 12.4 Å². The zero-order chi connectivity index (χ0) is 17.4. The third kappa shape index (κ3) is 2.93. The molecule has 2 aliphatic heterocycles. The topological polar surface area (TPSA) is 74.0 Å². The van der Waals surface area contributed by atoms with Crippen LogP contribution in [0.5, 0.6) is 0 Å². The fourth-order valence-corrected chi connectivity index (χ4v) is 3.65. The molecule has 0 spiro atoms. The van der Waals surface area contributed by atoms with Gasteiger partial charge in [-0.2, -0.15) is 0 Å². The molecule has 0 saturated carbocycles. The molecule has 25 heavy (non-hydrogen) atoms. The van der Waals surface area contributed by atoms with Crippen LogP contribution in [0.4, 0.5) is 0 Å². The van der Waals surface area contributed by atoms with E-state index < -0.39 is 12.1 Å². The van der Waals surface area contributed by atoms with E-state index in [1.54, 1.807) is 21.9 Å². The Hall–Kier alpha value is -2.60. The summed E-state index contributed by atoms with van der Waals surface area (Å²) in [6.07, 6.45) is 2.04. The molecule has 2 aliphatic rings. The molecule has 1 aromatic heterocycles. The van der Waals surface area contributed by atoms with Crippen molar-refractivity contribution in [2.75, 3.05) is 13.1 Å². The lowest BCUT2D eigenvalue weighted by Crippen LogP contribution is -2.53. The lowest BCUT2D eigenvalue weighted by atomic mass is 9.93. The molecule has 2 amide bonds. The number of amides is 2. The number of benzene rings is 1. The van der Waals surface area contributed by atoms with Gasteiger partial charge in [0.25, 0.3) is 5.91 Å². The minimum absolute atomic E-state index is 0.106. The first-order chi connectivity index (χ1) is 12.1. The molecule has 1 unspecified atom stereocenters. The number of carbonyl (C=O) groups excluding carboxylic acids is 2. The molecule has 1 aromatic carbocycles. The fourth-order valence-electron chi connectivity index (χ4n) is 3.65. The van der Waals surface area contributed by atoms with Crippen LogP contribution in [0.1, 0.15) is 28.1 Å². The molecule has 3 heterocycles. The van der Waals surface area contributed by atoms with E-state index in [0.29, 0.717) is 32.5 Å². The first kappa shape index (κ1) is 15.9. The van der Waals surface area contributed by atoms with Gasteiger partial charge >= 0.3 is 0 Å². The molecule has 1 fully saturated rings. The highest BCUT2D eigenvalue weighted by Gasteiger charge is 2.39. The van der Waals surface area contributed by atoms with Crippen LogP contribution in [-0.4, -0.2) is 52.0 Å². The van der Waals surface area contributed by atoms with Gasteiger partial charge < -0.3 is 19.3 Å². The van der Waals surface area contributed by atoms with Crippen LogP contribution >= 0.6 is 0 Å². The van der Waals surface area contributed by atoms with Crippen molar-refractivity contribution in [1.29, 1.82) is 0 Å². The summed E-state index contributed by atoms with van der Waals surface area (Å²) < 4.78 is 5.25. The van der Waals surface area contributed by atoms with Gasteiger partial charge in [0.2, 0.25) is 5.91 Å². The molecule has 4 rings (SSSR count). The third-order valence-corrected chi connectivity index (χ3v) is 5.00. The molecule has 0 bridgehead atoms. The Morgan fingerprint density at radius 3 is 2.60 bits per heavy atom. The molecule has 0 aliphatic carbocycles. The van der Waals surface area contributed by atoms with Crippen molar-refractivity contribution in [2.24, 2.45) is 0 Å². The van der Waals surface area contributed by atoms with Gasteiger partial charge in [0.1, 0.15) is 6.04 Å². The van der Waals surface area contributed by atoms with Gasteiger partial charge in [-0.25, -0.2) is 0 Å². The number of rotatable bonds is 2. The molecule has 6 nitrogen and oxygen atoms in total. The first-order valence-corrected chi connectivity index (χ1v) is 8.51. The zero-order valence-electron chi connectivity index (χ0n) is 13.8. The van der Waals surface area contributed by atoms with E-state index in [9.17, 15) is 14.7 Å². The van der Waals surface area contributed by atoms with E-state index in [-0.39, 0.29) is 17.6 Å². The van der Waals surface area contributed by atoms with Gasteiger partial charge in [0.15, 0.2) is 5.76 Å². The first-order valence-electron chi connectivity index (χ1n) is 8.51. The maximum absolute atomic E-state index is 13.0. The van der Waals surface area contributed by atoms with Gasteiger partial charge in [-0.1, -0.05) is 24.3 Å². The second-order valence-electron chi connectivity index (χ2n) is 6.63. The molecule has 2 atom stereocenters. The number of nitrogens with zero attached hydrogens (tertiary/aromatic N) is 2. The number of carbonyl (C=O) groups is 2. The van der Waals surface area contributed by atoms with Gasteiger partial charge in [0, 0.05) is 26.1 Å². The number of hydrogen-bond donors (Lipinski definition) is 1. The van der Waals surface area contributed by atoms with E-state index in [0.717, 1.165) is 11.1 Å². The average molecular weight is 340 g/mol. The summed E-state index contributed by atoms with van der Waals surface area (Å²) >= 11 is 0. The van der Waals surface area contributed by atoms with Crippen LogP contribution in [-0.2, 0) is 17.8 Å². The minimum atomic E-state index is -0.571. The van der Waals surface area contributed by atoms with Gasteiger partial charge in [-0.15, -0.1) is 0 Å². The standard InChI is InChI=1S/C19H20N2O4/c22-15-7-8-20(12-15)18(23)16-10-13-4-1-2-5-14(13)11-21(16)19(24)17-6-3-9-25-17/h1-6,9,15-16,22H,7-8,10-12H2/t15-,16?/m1/s1. The summed E-state index contributed by atoms with van der Waals surface area (Å²) in [6.45, 7) is 1.24. The predicted octanol–water partition coefficient (Wildman–Crippen LogP) is 1.44. The van der Waals surface area contributed by atoms with E-state index in [2.05, 4.69) is 0 Å². The number of fused-ring (bicyclic) bond motifs is 1. The van der Waals surface area contributed by atoms with Crippen LogP contribution in [0.15, 0.2) is 47.1 Å². The average Bonchev–Trinajstić information content (AvgIpc) is 3.31. The molecular weight excluding hydrogens is 320 g/mol. The second kappa shape index (κ2) is 6.37. The summed E-state index contributed by atoms with van der Waals surface area (Å²) in [5.74, 6) is -0.151. The molecule has 6 heteroatoms. The molecule has 0 radical (unpaired) electrons. The summed E-state index contributed by atoms with van der Waals surface area (Å²) in [5.41, 5.74) is 2.14. The van der Waals surface area contributed by atoms with Crippen LogP contribution in [0, 0.1) is 0 Å². The fraction of sp³-hybridized carbons (Fsp3) is 0.368. The lowest BCUT2D eigenvalue weighted by molar-refractivity contribution is -0.136. The Morgan fingerprint density at radius 1 is 1.12 bits per heavy atom. The smallest absolute Gasteiger partial charge is 0.290 e. The molecule has 130 valence electrons. The maximum Gasteiger partial charge on any atom is 0.290 e. The van der Waals surface area contributed by atoms with E-state index in [1.807, 2.05) is 24.3 Å². The normalized spacial score (nSPS) is 22.8. The van der Waals surface area contributed by atoms with Crippen molar-refractivity contribution in [3.05, 3.63) is 59.5 Å². The number of aliphatic hydroxyl groups excluding tert-OH is 1. The highest BCUT2D eigenvalue weighted by molar-refractivity contribution is 5.96. The number of aliphatic hydroxyl groups is 1. The Bertz CT molecular complexity index is 786.